The number of aryl methyl sites for hydroxylation is 1. The molecule has 21 heavy (non-hydrogen) atoms. The highest BCUT2D eigenvalue weighted by Gasteiger charge is 2.05. The lowest BCUT2D eigenvalue weighted by atomic mass is 10.1. The molecule has 0 atom stereocenters. The van der Waals surface area contributed by atoms with Crippen LogP contribution in [0.3, 0.4) is 0 Å². The predicted octanol–water partition coefficient (Wildman–Crippen LogP) is 5.77. The van der Waals surface area contributed by atoms with Crippen LogP contribution in [0.2, 0.25) is 0 Å². The first kappa shape index (κ1) is 14.1. The van der Waals surface area contributed by atoms with Gasteiger partial charge in [0.1, 0.15) is 0 Å². The Bertz CT molecular complexity index is 713. The minimum absolute atomic E-state index is 0.984. The van der Waals surface area contributed by atoms with E-state index in [-0.39, 0.29) is 0 Å². The van der Waals surface area contributed by atoms with Crippen LogP contribution in [-0.2, 0) is 6.42 Å². The number of anilines is 2. The van der Waals surface area contributed by atoms with Crippen LogP contribution in [-0.4, -0.2) is 4.98 Å². The molecule has 3 rings (SSSR count). The van der Waals surface area contributed by atoms with E-state index in [1.807, 2.05) is 0 Å². The van der Waals surface area contributed by atoms with Gasteiger partial charge in [-0.05, 0) is 24.3 Å². The second-order valence-electron chi connectivity index (χ2n) is 5.25. The van der Waals surface area contributed by atoms with Gasteiger partial charge in [0.05, 0.1) is 5.69 Å². The van der Waals surface area contributed by atoms with E-state index < -0.39 is 0 Å². The van der Waals surface area contributed by atoms with Crippen LogP contribution >= 0.6 is 11.3 Å². The smallest absolute Gasteiger partial charge is 0.187 e. The number of nitrogens with one attached hydrogen (secondary N) is 1. The summed E-state index contributed by atoms with van der Waals surface area (Å²) in [6.07, 6.45) is 4.85. The van der Waals surface area contributed by atoms with Crippen molar-refractivity contribution >= 4 is 32.9 Å². The van der Waals surface area contributed by atoms with Crippen LogP contribution in [0, 0.1) is 0 Å². The van der Waals surface area contributed by atoms with Crippen molar-refractivity contribution in [2.75, 3.05) is 5.32 Å². The minimum atomic E-state index is 0.984. The molecule has 3 heteroatoms. The molecule has 0 amide bonds. The number of aromatic nitrogens is 1. The Morgan fingerprint density at radius 1 is 1.05 bits per heavy atom. The van der Waals surface area contributed by atoms with E-state index in [9.17, 15) is 0 Å². The van der Waals surface area contributed by atoms with Gasteiger partial charge in [0.2, 0.25) is 0 Å². The summed E-state index contributed by atoms with van der Waals surface area (Å²) in [6, 6.07) is 14.8. The maximum Gasteiger partial charge on any atom is 0.187 e. The topological polar surface area (TPSA) is 24.9 Å². The van der Waals surface area contributed by atoms with Gasteiger partial charge in [-0.15, -0.1) is 11.3 Å². The van der Waals surface area contributed by atoms with Gasteiger partial charge in [-0.1, -0.05) is 56.2 Å². The number of unbranched alkanes of at least 4 members (excludes halogenated alkanes) is 2. The van der Waals surface area contributed by atoms with Crippen molar-refractivity contribution in [1.29, 1.82) is 0 Å². The van der Waals surface area contributed by atoms with Crippen LogP contribution in [0.1, 0.15) is 31.9 Å². The standard InChI is InChI=1S/C18H20N2S/c1-2-3-4-10-15-13-21-18(19-15)20-17-12-7-9-14-8-5-6-11-16(14)17/h5-9,11-13H,2-4,10H2,1H3,(H,19,20). The van der Waals surface area contributed by atoms with Crippen molar-refractivity contribution in [3.63, 3.8) is 0 Å². The highest BCUT2D eigenvalue weighted by Crippen LogP contribution is 2.28. The van der Waals surface area contributed by atoms with Gasteiger partial charge in [0.15, 0.2) is 5.13 Å². The normalized spacial score (nSPS) is 10.9. The summed E-state index contributed by atoms with van der Waals surface area (Å²) in [5.74, 6) is 0. The summed E-state index contributed by atoms with van der Waals surface area (Å²) in [7, 11) is 0. The maximum absolute atomic E-state index is 4.69. The van der Waals surface area contributed by atoms with E-state index in [1.54, 1.807) is 11.3 Å². The number of benzene rings is 2. The molecule has 0 bridgehead atoms. The maximum atomic E-state index is 4.69. The second kappa shape index (κ2) is 6.72. The molecule has 1 N–H and O–H groups in total. The Labute approximate surface area is 129 Å². The first-order valence-electron chi connectivity index (χ1n) is 7.56. The summed E-state index contributed by atoms with van der Waals surface area (Å²) >= 11 is 1.69. The molecule has 0 radical (unpaired) electrons. The molecule has 0 aliphatic heterocycles. The molecule has 0 spiro atoms. The number of fused-ring (bicyclic) bond motifs is 1. The lowest BCUT2D eigenvalue weighted by Gasteiger charge is -2.06. The second-order valence-corrected chi connectivity index (χ2v) is 6.11. The molecule has 3 aromatic rings. The third-order valence-electron chi connectivity index (χ3n) is 3.62. The molecule has 0 unspecified atom stereocenters. The summed E-state index contributed by atoms with van der Waals surface area (Å²) in [6.45, 7) is 2.23. The molecular weight excluding hydrogens is 276 g/mol. The van der Waals surface area contributed by atoms with Crippen molar-refractivity contribution in [1.82, 2.24) is 4.98 Å². The average molecular weight is 296 g/mol. The number of thiazole rings is 1. The first-order chi connectivity index (χ1) is 10.4. The molecular formula is C18H20N2S. The summed E-state index contributed by atoms with van der Waals surface area (Å²) in [5.41, 5.74) is 2.33. The van der Waals surface area contributed by atoms with Gasteiger partial charge in [0.25, 0.3) is 0 Å². The largest absolute Gasteiger partial charge is 0.331 e. The van der Waals surface area contributed by atoms with Gasteiger partial charge in [0, 0.05) is 16.5 Å². The third kappa shape index (κ3) is 3.42. The molecule has 1 aromatic heterocycles. The quantitative estimate of drug-likeness (QED) is 0.584. The van der Waals surface area contributed by atoms with Crippen molar-refractivity contribution in [2.24, 2.45) is 0 Å². The van der Waals surface area contributed by atoms with Crippen molar-refractivity contribution in [3.8, 4) is 0 Å². The van der Waals surface area contributed by atoms with Gasteiger partial charge in [-0.25, -0.2) is 4.98 Å². The number of rotatable bonds is 6. The molecule has 1 heterocycles. The average Bonchev–Trinajstić information content (AvgIpc) is 2.96. The molecule has 0 saturated heterocycles. The highest BCUT2D eigenvalue weighted by molar-refractivity contribution is 7.13. The predicted molar refractivity (Wildman–Crippen MR) is 92.6 cm³/mol. The molecule has 0 saturated carbocycles. The van der Waals surface area contributed by atoms with Gasteiger partial charge in [-0.2, -0.15) is 0 Å². The summed E-state index contributed by atoms with van der Waals surface area (Å²) in [4.78, 5) is 4.69. The van der Waals surface area contributed by atoms with Crippen LogP contribution in [0.15, 0.2) is 47.8 Å². The highest BCUT2D eigenvalue weighted by atomic mass is 32.1. The van der Waals surface area contributed by atoms with E-state index in [4.69, 9.17) is 4.98 Å². The number of hydrogen-bond acceptors (Lipinski definition) is 3. The summed E-state index contributed by atoms with van der Waals surface area (Å²) < 4.78 is 0. The molecule has 2 nitrogen and oxygen atoms in total. The van der Waals surface area contributed by atoms with E-state index in [2.05, 4.69) is 60.1 Å². The fourth-order valence-electron chi connectivity index (χ4n) is 2.48. The van der Waals surface area contributed by atoms with Crippen LogP contribution in [0.5, 0.6) is 0 Å². The van der Waals surface area contributed by atoms with Crippen molar-refractivity contribution in [2.45, 2.75) is 32.6 Å². The minimum Gasteiger partial charge on any atom is -0.331 e. The Hall–Kier alpha value is -1.87. The Kier molecular flexibility index (Phi) is 4.51. The van der Waals surface area contributed by atoms with Gasteiger partial charge < -0.3 is 5.32 Å². The lowest BCUT2D eigenvalue weighted by Crippen LogP contribution is -1.92. The van der Waals surface area contributed by atoms with Crippen LogP contribution < -0.4 is 5.32 Å². The van der Waals surface area contributed by atoms with E-state index in [0.29, 0.717) is 0 Å². The number of hydrogen-bond donors (Lipinski definition) is 1. The Morgan fingerprint density at radius 2 is 1.90 bits per heavy atom. The third-order valence-corrected chi connectivity index (χ3v) is 4.43. The molecule has 0 aliphatic carbocycles. The number of nitrogens with zero attached hydrogens (tertiary/aromatic N) is 1. The van der Waals surface area contributed by atoms with E-state index in [1.165, 1.54) is 35.7 Å². The fourth-order valence-corrected chi connectivity index (χ4v) is 3.24. The van der Waals surface area contributed by atoms with E-state index in [0.717, 1.165) is 17.2 Å². The first-order valence-corrected chi connectivity index (χ1v) is 8.44. The molecule has 0 fully saturated rings. The lowest BCUT2D eigenvalue weighted by molar-refractivity contribution is 0.710. The van der Waals surface area contributed by atoms with Crippen molar-refractivity contribution < 1.29 is 0 Å². The fraction of sp³-hybridized carbons (Fsp3) is 0.278. The zero-order valence-corrected chi connectivity index (χ0v) is 13.1. The SMILES string of the molecule is CCCCCc1csc(Nc2cccc3ccccc23)n1. The van der Waals surface area contributed by atoms with Gasteiger partial charge in [-0.3, -0.25) is 0 Å². The summed E-state index contributed by atoms with van der Waals surface area (Å²) in [5, 5.41) is 9.11. The van der Waals surface area contributed by atoms with Crippen LogP contribution in [0.25, 0.3) is 10.8 Å². The Balaban J connectivity index is 1.76. The molecule has 2 aromatic carbocycles. The molecule has 0 aliphatic rings. The Morgan fingerprint density at radius 3 is 2.81 bits per heavy atom. The van der Waals surface area contributed by atoms with E-state index >= 15 is 0 Å². The van der Waals surface area contributed by atoms with Crippen LogP contribution in [0.4, 0.5) is 10.8 Å². The van der Waals surface area contributed by atoms with Crippen molar-refractivity contribution in [3.05, 3.63) is 53.5 Å². The van der Waals surface area contributed by atoms with Gasteiger partial charge >= 0.3 is 0 Å². The zero-order chi connectivity index (χ0) is 14.5. The molecule has 108 valence electrons. The zero-order valence-electron chi connectivity index (χ0n) is 12.3. The monoisotopic (exact) mass is 296 g/mol.